The highest BCUT2D eigenvalue weighted by Crippen LogP contribution is 2.44. The Morgan fingerprint density at radius 1 is 1.62 bits per heavy atom. The molecule has 1 rings (SSSR count). The Bertz CT molecular complexity index is 229. The van der Waals surface area contributed by atoms with Crippen LogP contribution in [0.3, 0.4) is 0 Å². The van der Waals surface area contributed by atoms with Gasteiger partial charge in [0.1, 0.15) is 6.61 Å². The van der Waals surface area contributed by atoms with Crippen LogP contribution in [0.15, 0.2) is 0 Å². The second kappa shape index (κ2) is 4.42. The molecule has 3 nitrogen and oxygen atoms in total. The molecule has 1 aliphatic carbocycles. The summed E-state index contributed by atoms with van der Waals surface area (Å²) in [6.07, 6.45) is 4.42. The van der Waals surface area contributed by atoms with E-state index in [2.05, 4.69) is 18.0 Å². The fraction of sp³-hybridized carbons (Fsp3) is 0.889. The average Bonchev–Trinajstić information content (AvgIpc) is 2.45. The predicted octanol–water partition coefficient (Wildman–Crippen LogP) is 1.91. The molecule has 0 N–H and O–H groups in total. The van der Waals surface area contributed by atoms with E-state index in [-0.39, 0.29) is 0 Å². The monoisotopic (exact) mass is 205 g/mol. The molecule has 1 saturated carbocycles. The van der Waals surface area contributed by atoms with Crippen molar-refractivity contribution in [2.75, 3.05) is 0 Å². The van der Waals surface area contributed by atoms with Crippen molar-refractivity contribution >= 4 is 11.0 Å². The average molecular weight is 205 g/mol. The maximum Gasteiger partial charge on any atom is 0.257 e. The fourth-order valence-electron chi connectivity index (χ4n) is 1.94. The smallest absolute Gasteiger partial charge is 0.257 e. The van der Waals surface area contributed by atoms with Gasteiger partial charge in [0.15, 0.2) is 0 Å². The summed E-state index contributed by atoms with van der Waals surface area (Å²) in [6, 6.07) is 0. The first-order valence-corrected chi connectivity index (χ1v) is 5.80. The Morgan fingerprint density at radius 3 is 2.77 bits per heavy atom. The van der Waals surface area contributed by atoms with Crippen molar-refractivity contribution in [2.24, 2.45) is 11.3 Å². The molecule has 2 unspecified atom stereocenters. The minimum atomic E-state index is -2.71. The van der Waals surface area contributed by atoms with Crippen LogP contribution < -0.4 is 0 Å². The molecule has 4 heteroatoms. The molecule has 1 radical (unpaired) electrons. The molecule has 0 aromatic carbocycles. The van der Waals surface area contributed by atoms with Gasteiger partial charge in [-0.05, 0) is 30.6 Å². The Kier molecular flexibility index (Phi) is 3.74. The molecule has 77 valence electrons. The third-order valence-corrected chi connectivity index (χ3v) is 3.36. The van der Waals surface area contributed by atoms with Crippen LogP contribution >= 0.6 is 0 Å². The highest BCUT2D eigenvalue weighted by molar-refractivity contribution is 7.67. The molecule has 0 bridgehead atoms. The lowest BCUT2D eigenvalue weighted by molar-refractivity contribution is 0.288. The maximum atomic E-state index is 10.2. The first-order valence-electron chi connectivity index (χ1n) is 4.70. The Morgan fingerprint density at radius 2 is 2.31 bits per heavy atom. The van der Waals surface area contributed by atoms with E-state index in [4.69, 9.17) is 0 Å². The topological polar surface area (TPSA) is 43.4 Å². The molecule has 0 aromatic heterocycles. The third-order valence-electron chi connectivity index (χ3n) is 3.07. The molecule has 0 spiro atoms. The molecular formula is C9H17O3S. The molecule has 13 heavy (non-hydrogen) atoms. The third kappa shape index (κ3) is 3.27. The quantitative estimate of drug-likeness (QED) is 0.713. The van der Waals surface area contributed by atoms with Gasteiger partial charge in [-0.1, -0.05) is 20.3 Å². The van der Waals surface area contributed by atoms with Crippen LogP contribution in [0, 0.1) is 17.9 Å². The van der Waals surface area contributed by atoms with Crippen molar-refractivity contribution in [2.45, 2.75) is 39.5 Å². The van der Waals surface area contributed by atoms with Crippen LogP contribution in [0.5, 0.6) is 0 Å². The predicted molar refractivity (Wildman–Crippen MR) is 51.4 cm³/mol. The summed E-state index contributed by atoms with van der Waals surface area (Å²) in [5, 5.41) is 0. The fourth-order valence-corrected chi connectivity index (χ4v) is 2.22. The van der Waals surface area contributed by atoms with E-state index in [1.54, 1.807) is 0 Å². The van der Waals surface area contributed by atoms with E-state index in [1.807, 2.05) is 0 Å². The normalized spacial score (nSPS) is 34.2. The number of rotatable bonds is 4. The van der Waals surface area contributed by atoms with Crippen molar-refractivity contribution in [1.82, 2.24) is 0 Å². The summed E-state index contributed by atoms with van der Waals surface area (Å²) < 4.78 is 24.8. The number of hydrogen-bond acceptors (Lipinski definition) is 3. The lowest BCUT2D eigenvalue weighted by atomic mass is 9.85. The molecule has 0 aromatic rings. The highest BCUT2D eigenvalue weighted by atomic mass is 32.2. The van der Waals surface area contributed by atoms with Crippen molar-refractivity contribution in [3.63, 3.8) is 0 Å². The molecule has 0 aliphatic heterocycles. The van der Waals surface area contributed by atoms with Gasteiger partial charge < -0.3 is 0 Å². The van der Waals surface area contributed by atoms with Gasteiger partial charge in [-0.3, -0.25) is 4.18 Å². The number of thiol groups is 1. The molecule has 0 amide bonds. The Balaban J connectivity index is 2.33. The molecule has 0 heterocycles. The van der Waals surface area contributed by atoms with Crippen LogP contribution in [0.2, 0.25) is 0 Å². The lowest BCUT2D eigenvalue weighted by Crippen LogP contribution is -2.10. The van der Waals surface area contributed by atoms with E-state index in [0.29, 0.717) is 11.3 Å². The van der Waals surface area contributed by atoms with Crippen LogP contribution in [-0.4, -0.2) is 8.42 Å². The van der Waals surface area contributed by atoms with Gasteiger partial charge in [-0.2, -0.15) is 0 Å². The van der Waals surface area contributed by atoms with Crippen molar-refractivity contribution in [3.05, 3.63) is 6.61 Å². The van der Waals surface area contributed by atoms with Crippen molar-refractivity contribution in [1.29, 1.82) is 0 Å². The maximum absolute atomic E-state index is 10.2. The van der Waals surface area contributed by atoms with E-state index in [1.165, 1.54) is 13.0 Å². The van der Waals surface area contributed by atoms with Gasteiger partial charge in [-0.25, -0.2) is 8.42 Å². The highest BCUT2D eigenvalue weighted by Gasteiger charge is 2.33. The minimum absolute atomic E-state index is 0.317. The summed E-state index contributed by atoms with van der Waals surface area (Å²) in [7, 11) is -2.71. The zero-order chi connectivity index (χ0) is 9.90. The van der Waals surface area contributed by atoms with E-state index in [0.717, 1.165) is 19.3 Å². The van der Waals surface area contributed by atoms with Gasteiger partial charge in [0.2, 0.25) is 0 Å². The molecule has 0 saturated heterocycles. The van der Waals surface area contributed by atoms with E-state index < -0.39 is 11.0 Å². The second-order valence-electron chi connectivity index (χ2n) is 4.13. The summed E-state index contributed by atoms with van der Waals surface area (Å²) in [5.74, 6) is 0.317. The van der Waals surface area contributed by atoms with Crippen LogP contribution in [-0.2, 0) is 15.2 Å². The summed E-state index contributed by atoms with van der Waals surface area (Å²) >= 11 is 0. The first kappa shape index (κ1) is 11.0. The van der Waals surface area contributed by atoms with Crippen LogP contribution in [0.4, 0.5) is 0 Å². The van der Waals surface area contributed by atoms with Gasteiger partial charge >= 0.3 is 0 Å². The minimum Gasteiger partial charge on any atom is -0.266 e. The van der Waals surface area contributed by atoms with Gasteiger partial charge in [0.25, 0.3) is 11.0 Å². The second-order valence-corrected chi connectivity index (χ2v) is 4.79. The first-order chi connectivity index (χ1) is 6.06. The SMILES string of the molecule is CCC1(C)CCC([CH]O[SH](=O)=O)C1. The zero-order valence-corrected chi connectivity index (χ0v) is 9.05. The van der Waals surface area contributed by atoms with E-state index >= 15 is 0 Å². The molecular weight excluding hydrogens is 188 g/mol. The largest absolute Gasteiger partial charge is 0.266 e. The Labute approximate surface area is 81.6 Å². The zero-order valence-electron chi connectivity index (χ0n) is 8.16. The summed E-state index contributed by atoms with van der Waals surface area (Å²) in [6.45, 7) is 5.90. The summed E-state index contributed by atoms with van der Waals surface area (Å²) in [4.78, 5) is 0. The van der Waals surface area contributed by atoms with Gasteiger partial charge in [-0.15, -0.1) is 0 Å². The molecule has 2 atom stereocenters. The van der Waals surface area contributed by atoms with Gasteiger partial charge in [0, 0.05) is 0 Å². The van der Waals surface area contributed by atoms with Crippen molar-refractivity contribution < 1.29 is 12.6 Å². The molecule has 1 aliphatic rings. The van der Waals surface area contributed by atoms with Crippen molar-refractivity contribution in [3.8, 4) is 0 Å². The Hall–Kier alpha value is -0.0900. The summed E-state index contributed by atoms with van der Waals surface area (Å²) in [5.41, 5.74) is 0.388. The van der Waals surface area contributed by atoms with Gasteiger partial charge in [0.05, 0.1) is 0 Å². The number of hydrogen-bond donors (Lipinski definition) is 1. The van der Waals surface area contributed by atoms with E-state index in [9.17, 15) is 8.42 Å². The molecule has 1 fully saturated rings. The van der Waals surface area contributed by atoms with Crippen LogP contribution in [0.1, 0.15) is 39.5 Å². The standard InChI is InChI=1S/C9H17O3S/c1-3-9(2)5-4-8(6-9)7-12-13(10)11/h7-8,13H,3-6H2,1-2H3. The lowest BCUT2D eigenvalue weighted by Gasteiger charge is -2.21. The van der Waals surface area contributed by atoms with Crippen LogP contribution in [0.25, 0.3) is 0 Å².